The number of hydrogen-bond acceptors (Lipinski definition) is 2. The molecule has 0 heterocycles. The monoisotopic (exact) mass is 414 g/mol. The van der Waals surface area contributed by atoms with Crippen molar-refractivity contribution in [2.45, 2.75) is 49.5 Å². The van der Waals surface area contributed by atoms with Gasteiger partial charge < -0.3 is 9.47 Å². The Kier molecular flexibility index (Phi) is 8.34. The van der Waals surface area contributed by atoms with Gasteiger partial charge in [0.25, 0.3) is 0 Å². The van der Waals surface area contributed by atoms with Crippen LogP contribution in [0.1, 0.15) is 25.7 Å². The number of hydrogen-bond donors (Lipinski definition) is 0. The molecule has 25 heavy (non-hydrogen) atoms. The van der Waals surface area contributed by atoms with Crippen molar-refractivity contribution in [3.63, 3.8) is 0 Å². The molecule has 0 spiro atoms. The number of alkyl halides is 8. The van der Waals surface area contributed by atoms with Crippen LogP contribution >= 0.6 is 11.6 Å². The summed E-state index contributed by atoms with van der Waals surface area (Å²) >= 11 is 5.27. The third-order valence-electron chi connectivity index (χ3n) is 3.21. The van der Waals surface area contributed by atoms with Crippen LogP contribution in [0, 0.1) is 0 Å². The highest BCUT2D eigenvalue weighted by molar-refractivity contribution is 6.17. The van der Waals surface area contributed by atoms with E-state index in [0.29, 0.717) is 0 Å². The molecule has 0 amide bonds. The number of unbranched alkanes of at least 4 members (excludes halogenated alkanes) is 2. The Balaban J connectivity index is 5.92. The second-order valence-electron chi connectivity index (χ2n) is 4.76. The lowest BCUT2D eigenvalue weighted by molar-refractivity contribution is -0.431. The van der Waals surface area contributed by atoms with E-state index in [0.717, 1.165) is 0 Å². The molecule has 0 bridgehead atoms. The van der Waals surface area contributed by atoms with Crippen molar-refractivity contribution in [2.75, 3.05) is 13.0 Å². The first-order valence-electron chi connectivity index (χ1n) is 6.53. The Bertz CT molecular complexity index is 461. The Morgan fingerprint density at radius 2 is 1.40 bits per heavy atom. The molecule has 0 aromatic heterocycles. The van der Waals surface area contributed by atoms with E-state index >= 15 is 0 Å². The van der Waals surface area contributed by atoms with Crippen molar-refractivity contribution < 1.29 is 53.4 Å². The Hall–Kier alpha value is -0.910. The molecule has 0 aromatic carbocycles. The molecule has 0 aliphatic carbocycles. The molecule has 0 aromatic rings. The largest absolute Gasteiger partial charge is 0.469 e. The minimum Gasteiger partial charge on any atom is -0.398 e. The van der Waals surface area contributed by atoms with E-state index < -0.39 is 48.7 Å². The second kappa shape index (κ2) is 8.65. The average Bonchev–Trinajstić information content (AvgIpc) is 2.45. The Morgan fingerprint density at radius 1 is 0.880 bits per heavy atom. The summed E-state index contributed by atoms with van der Waals surface area (Å²) in [5.74, 6) is -6.26. The van der Waals surface area contributed by atoms with Crippen LogP contribution in [0.4, 0.5) is 43.9 Å². The van der Waals surface area contributed by atoms with Gasteiger partial charge in [0.05, 0.1) is 0 Å². The molecule has 1 unspecified atom stereocenters. The summed E-state index contributed by atoms with van der Waals surface area (Å²) in [6.07, 6.45) is -18.3. The lowest BCUT2D eigenvalue weighted by Crippen LogP contribution is -2.67. The molecule has 0 aliphatic rings. The summed E-state index contributed by atoms with van der Waals surface area (Å²) in [6.45, 7) is 0. The fourth-order valence-electron chi connectivity index (χ4n) is 1.92. The van der Waals surface area contributed by atoms with Crippen LogP contribution in [0.15, 0.2) is 12.1 Å². The van der Waals surface area contributed by atoms with Gasteiger partial charge >= 0.3 is 30.3 Å². The summed E-state index contributed by atoms with van der Waals surface area (Å²) < 4.78 is 136. The van der Waals surface area contributed by atoms with E-state index in [1.165, 1.54) is 0 Å². The zero-order chi connectivity index (χ0) is 20.1. The standard InChI is InChI=1S/C12H13ClF10O2/c1-24-9(11(19,20)21,5-3-2-4-6-13)10(17,18)12(22,23)25-8(16)7(14)15/h2-6H2,1H3. The van der Waals surface area contributed by atoms with Gasteiger partial charge in [-0.05, 0) is 19.3 Å². The molecular weight excluding hydrogens is 402 g/mol. The van der Waals surface area contributed by atoms with Crippen molar-refractivity contribution in [2.24, 2.45) is 0 Å². The zero-order valence-electron chi connectivity index (χ0n) is 12.5. The van der Waals surface area contributed by atoms with E-state index in [1.807, 2.05) is 0 Å². The molecule has 2 nitrogen and oxygen atoms in total. The zero-order valence-corrected chi connectivity index (χ0v) is 13.3. The van der Waals surface area contributed by atoms with Gasteiger partial charge in [-0.15, -0.1) is 11.6 Å². The highest BCUT2D eigenvalue weighted by Crippen LogP contribution is 2.55. The van der Waals surface area contributed by atoms with Crippen molar-refractivity contribution in [3.8, 4) is 0 Å². The van der Waals surface area contributed by atoms with Gasteiger partial charge in [0, 0.05) is 13.0 Å². The van der Waals surface area contributed by atoms with Crippen LogP contribution in [0.2, 0.25) is 0 Å². The molecule has 0 fully saturated rings. The van der Waals surface area contributed by atoms with Gasteiger partial charge in [0.1, 0.15) is 0 Å². The van der Waals surface area contributed by atoms with Crippen LogP contribution in [0.3, 0.4) is 0 Å². The molecular formula is C12H13ClF10O2. The highest BCUT2D eigenvalue weighted by Gasteiger charge is 2.80. The molecule has 0 saturated carbocycles. The van der Waals surface area contributed by atoms with Gasteiger partial charge in [0.15, 0.2) is 0 Å². The maximum Gasteiger partial charge on any atom is 0.469 e. The number of ether oxygens (including phenoxy) is 2. The smallest absolute Gasteiger partial charge is 0.398 e. The minimum absolute atomic E-state index is 0.0204. The second-order valence-corrected chi connectivity index (χ2v) is 5.13. The maximum absolute atomic E-state index is 14.0. The van der Waals surface area contributed by atoms with Crippen LogP contribution in [-0.2, 0) is 9.47 Å². The van der Waals surface area contributed by atoms with Crippen LogP contribution < -0.4 is 0 Å². The van der Waals surface area contributed by atoms with Gasteiger partial charge in [-0.1, -0.05) is 6.42 Å². The van der Waals surface area contributed by atoms with Crippen LogP contribution in [0.5, 0.6) is 0 Å². The maximum atomic E-state index is 14.0. The van der Waals surface area contributed by atoms with E-state index in [2.05, 4.69) is 9.47 Å². The molecule has 13 heteroatoms. The molecule has 0 saturated heterocycles. The van der Waals surface area contributed by atoms with Crippen molar-refractivity contribution >= 4 is 11.6 Å². The van der Waals surface area contributed by atoms with Gasteiger partial charge in [-0.2, -0.15) is 43.9 Å². The predicted octanol–water partition coefficient (Wildman–Crippen LogP) is 6.01. The van der Waals surface area contributed by atoms with Crippen molar-refractivity contribution in [1.82, 2.24) is 0 Å². The first-order valence-corrected chi connectivity index (χ1v) is 7.07. The third kappa shape index (κ3) is 5.05. The van der Waals surface area contributed by atoms with Crippen molar-refractivity contribution in [1.29, 1.82) is 0 Å². The fraction of sp³-hybridized carbons (Fsp3) is 0.833. The summed E-state index contributed by atoms with van der Waals surface area (Å²) in [4.78, 5) is 0. The van der Waals surface area contributed by atoms with Gasteiger partial charge in [-0.25, -0.2) is 0 Å². The fourth-order valence-corrected chi connectivity index (χ4v) is 2.11. The predicted molar refractivity (Wildman–Crippen MR) is 66.3 cm³/mol. The third-order valence-corrected chi connectivity index (χ3v) is 3.48. The quantitative estimate of drug-likeness (QED) is 0.188. The molecule has 0 aliphatic heterocycles. The van der Waals surface area contributed by atoms with Gasteiger partial charge in [-0.3, -0.25) is 0 Å². The summed E-state index contributed by atoms with van der Waals surface area (Å²) in [7, 11) is 0.0843. The van der Waals surface area contributed by atoms with Crippen LogP contribution in [0.25, 0.3) is 0 Å². The first-order chi connectivity index (χ1) is 11.2. The summed E-state index contributed by atoms with van der Waals surface area (Å²) in [5.41, 5.74) is -4.80. The number of rotatable bonds is 10. The van der Waals surface area contributed by atoms with Gasteiger partial charge in [0.2, 0.25) is 5.60 Å². The SMILES string of the molecule is COC(CCCCCCl)(C(F)(F)F)C(F)(F)C(F)(F)OC(F)=C(F)F. The number of methoxy groups -OCH3 is 1. The van der Waals surface area contributed by atoms with E-state index in [4.69, 9.17) is 11.6 Å². The summed E-state index contributed by atoms with van der Waals surface area (Å²) in [5, 5.41) is 0. The molecule has 1 atom stereocenters. The summed E-state index contributed by atoms with van der Waals surface area (Å²) in [6, 6.07) is -3.43. The Labute approximate surface area is 140 Å². The lowest BCUT2D eigenvalue weighted by Gasteiger charge is -2.42. The van der Waals surface area contributed by atoms with E-state index in [9.17, 15) is 43.9 Å². The lowest BCUT2D eigenvalue weighted by atomic mass is 9.87. The van der Waals surface area contributed by atoms with E-state index in [1.54, 1.807) is 0 Å². The first kappa shape index (κ1) is 24.1. The molecule has 0 rings (SSSR count). The van der Waals surface area contributed by atoms with Crippen LogP contribution in [-0.4, -0.2) is 36.8 Å². The topological polar surface area (TPSA) is 18.5 Å². The van der Waals surface area contributed by atoms with E-state index in [-0.39, 0.29) is 25.8 Å². The highest BCUT2D eigenvalue weighted by atomic mass is 35.5. The molecule has 150 valence electrons. The minimum atomic E-state index is -6.28. The number of halogens is 11. The molecule has 0 N–H and O–H groups in total. The average molecular weight is 415 g/mol. The van der Waals surface area contributed by atoms with Crippen molar-refractivity contribution in [3.05, 3.63) is 12.1 Å². The Morgan fingerprint density at radius 3 is 1.76 bits per heavy atom. The molecule has 0 radical (unpaired) electrons. The normalized spacial score (nSPS) is 15.7.